The van der Waals surface area contributed by atoms with Crippen molar-refractivity contribution < 1.29 is 32.6 Å². The van der Waals surface area contributed by atoms with Crippen molar-refractivity contribution in [2.75, 3.05) is 20.2 Å². The SMILES string of the molecule is COC(=O)C1=C(CN2CC(F)(F)C[C@H]2CC(C)C(=O)O)NC(c2nccs2)=N[C@H]1c1ccc(F)cc1Cl. The zero-order valence-corrected chi connectivity index (χ0v) is 21.5. The van der Waals surface area contributed by atoms with Crippen LogP contribution in [-0.4, -0.2) is 64.9 Å². The van der Waals surface area contributed by atoms with E-state index in [1.807, 2.05) is 0 Å². The lowest BCUT2D eigenvalue weighted by atomic mass is 9.94. The van der Waals surface area contributed by atoms with E-state index >= 15 is 0 Å². The molecule has 1 aromatic heterocycles. The number of carbonyl (C=O) groups is 2. The van der Waals surface area contributed by atoms with Gasteiger partial charge in [-0.1, -0.05) is 24.6 Å². The number of likely N-dealkylation sites (tertiary alicyclic amines) is 1. The predicted molar refractivity (Wildman–Crippen MR) is 131 cm³/mol. The highest BCUT2D eigenvalue weighted by Crippen LogP contribution is 2.39. The third kappa shape index (κ3) is 5.97. The van der Waals surface area contributed by atoms with Gasteiger partial charge in [0.25, 0.3) is 5.92 Å². The van der Waals surface area contributed by atoms with Crippen molar-refractivity contribution in [1.29, 1.82) is 0 Å². The maximum atomic E-state index is 14.5. The van der Waals surface area contributed by atoms with Gasteiger partial charge in [0.2, 0.25) is 0 Å². The minimum Gasteiger partial charge on any atom is -0.481 e. The van der Waals surface area contributed by atoms with Crippen LogP contribution in [0.4, 0.5) is 13.2 Å². The van der Waals surface area contributed by atoms with Gasteiger partial charge in [-0.05, 0) is 18.6 Å². The lowest BCUT2D eigenvalue weighted by Crippen LogP contribution is -2.42. The minimum absolute atomic E-state index is 0.00636. The van der Waals surface area contributed by atoms with Crippen molar-refractivity contribution in [1.82, 2.24) is 15.2 Å². The van der Waals surface area contributed by atoms with Gasteiger partial charge in [-0.15, -0.1) is 11.3 Å². The van der Waals surface area contributed by atoms with E-state index in [2.05, 4.69) is 15.3 Å². The van der Waals surface area contributed by atoms with Crippen LogP contribution >= 0.6 is 22.9 Å². The average Bonchev–Trinajstić information content (AvgIpc) is 3.46. The summed E-state index contributed by atoms with van der Waals surface area (Å²) in [6.07, 6.45) is 1.06. The molecule has 0 amide bonds. The quantitative estimate of drug-likeness (QED) is 0.468. The summed E-state index contributed by atoms with van der Waals surface area (Å²) in [5, 5.41) is 14.6. The van der Waals surface area contributed by atoms with Crippen LogP contribution < -0.4 is 5.32 Å². The zero-order chi connectivity index (χ0) is 26.9. The topological polar surface area (TPSA) is 104 Å². The Morgan fingerprint density at radius 1 is 1.41 bits per heavy atom. The normalized spacial score (nSPS) is 22.4. The number of alkyl halides is 2. The maximum absolute atomic E-state index is 14.5. The summed E-state index contributed by atoms with van der Waals surface area (Å²) in [5.41, 5.74) is 0.582. The standard InChI is InChI=1S/C24H24ClF3N4O4S/c1-12(22(33)34)7-14-9-24(27,28)11-32(14)10-17-18(23(35)36-2)19(15-4-3-13(26)8-16(15)25)31-20(30-17)21-29-5-6-37-21/h3-6,8,12,14,19H,7,9-11H2,1-2H3,(H,30,31)(H,33,34)/t12?,14-,19+/m1/s1. The van der Waals surface area contributed by atoms with E-state index in [0.29, 0.717) is 10.6 Å². The van der Waals surface area contributed by atoms with Crippen LogP contribution in [-0.2, 0) is 14.3 Å². The van der Waals surface area contributed by atoms with E-state index in [-0.39, 0.29) is 35.1 Å². The zero-order valence-electron chi connectivity index (χ0n) is 19.9. The van der Waals surface area contributed by atoms with Crippen LogP contribution in [0.5, 0.6) is 0 Å². The summed E-state index contributed by atoms with van der Waals surface area (Å²) in [6.45, 7) is 0.709. The first-order valence-electron chi connectivity index (χ1n) is 11.3. The minimum atomic E-state index is -3.03. The Morgan fingerprint density at radius 3 is 2.78 bits per heavy atom. The van der Waals surface area contributed by atoms with Gasteiger partial charge < -0.3 is 15.2 Å². The van der Waals surface area contributed by atoms with Gasteiger partial charge >= 0.3 is 11.9 Å². The van der Waals surface area contributed by atoms with Crippen LogP contribution in [0, 0.1) is 11.7 Å². The fourth-order valence-corrected chi connectivity index (χ4v) is 5.42. The largest absolute Gasteiger partial charge is 0.481 e. The van der Waals surface area contributed by atoms with E-state index in [9.17, 15) is 27.9 Å². The molecule has 198 valence electrons. The van der Waals surface area contributed by atoms with Gasteiger partial charge in [-0.2, -0.15) is 0 Å². The molecule has 0 radical (unpaired) electrons. The molecule has 3 atom stereocenters. The first-order valence-corrected chi connectivity index (χ1v) is 12.6. The fourth-order valence-electron chi connectivity index (χ4n) is 4.56. The van der Waals surface area contributed by atoms with Gasteiger partial charge in [0, 0.05) is 46.9 Å². The number of aliphatic carboxylic acids is 1. The molecule has 0 aliphatic carbocycles. The molecule has 4 rings (SSSR count). The van der Waals surface area contributed by atoms with Gasteiger partial charge in [-0.25, -0.2) is 22.9 Å². The van der Waals surface area contributed by atoms with Crippen molar-refractivity contribution in [2.45, 2.75) is 37.8 Å². The van der Waals surface area contributed by atoms with Crippen LogP contribution in [0.25, 0.3) is 0 Å². The molecule has 13 heteroatoms. The molecule has 37 heavy (non-hydrogen) atoms. The number of esters is 1. The molecule has 2 N–H and O–H groups in total. The van der Waals surface area contributed by atoms with Crippen molar-refractivity contribution in [3.05, 3.63) is 62.5 Å². The maximum Gasteiger partial charge on any atom is 0.338 e. The molecule has 0 spiro atoms. The average molecular weight is 557 g/mol. The van der Waals surface area contributed by atoms with E-state index in [4.69, 9.17) is 16.3 Å². The Kier molecular flexibility index (Phi) is 7.91. The highest BCUT2D eigenvalue weighted by atomic mass is 35.5. The first-order chi connectivity index (χ1) is 17.5. The van der Waals surface area contributed by atoms with Crippen molar-refractivity contribution >= 4 is 40.7 Å². The molecule has 2 aliphatic heterocycles. The number of aromatic nitrogens is 1. The molecular formula is C24H24ClF3N4O4S. The van der Waals surface area contributed by atoms with Gasteiger partial charge in [0.05, 0.1) is 25.1 Å². The number of carboxylic acid groups (broad SMARTS) is 1. The Morgan fingerprint density at radius 2 is 2.16 bits per heavy atom. The number of carbonyl (C=O) groups excluding carboxylic acids is 1. The molecule has 1 fully saturated rings. The molecule has 2 aliphatic rings. The Labute approximate surface area is 219 Å². The van der Waals surface area contributed by atoms with E-state index in [1.165, 1.54) is 42.4 Å². The summed E-state index contributed by atoms with van der Waals surface area (Å²) in [4.78, 5) is 34.8. The number of aliphatic imine (C=N–C) groups is 1. The van der Waals surface area contributed by atoms with E-state index in [0.717, 1.165) is 6.07 Å². The first kappa shape index (κ1) is 27.1. The predicted octanol–water partition coefficient (Wildman–Crippen LogP) is 4.27. The molecule has 2 aromatic rings. The van der Waals surface area contributed by atoms with Gasteiger partial charge in [0.1, 0.15) is 11.9 Å². The molecule has 3 heterocycles. The second-order valence-corrected chi connectivity index (χ2v) is 10.3. The third-order valence-corrected chi connectivity index (χ3v) is 7.42. The second-order valence-electron chi connectivity index (χ2n) is 8.99. The molecule has 0 bridgehead atoms. The Hall–Kier alpha value is -2.96. The van der Waals surface area contributed by atoms with E-state index in [1.54, 1.807) is 11.6 Å². The molecule has 1 aromatic carbocycles. The highest BCUT2D eigenvalue weighted by Gasteiger charge is 2.46. The van der Waals surface area contributed by atoms with Crippen molar-refractivity contribution in [3.8, 4) is 0 Å². The molecule has 1 saturated heterocycles. The number of rotatable bonds is 8. The Bertz CT molecular complexity index is 1250. The molecule has 1 unspecified atom stereocenters. The second kappa shape index (κ2) is 10.8. The number of nitrogens with one attached hydrogen (secondary N) is 1. The monoisotopic (exact) mass is 556 g/mol. The van der Waals surface area contributed by atoms with Crippen LogP contribution in [0.15, 0.2) is 46.0 Å². The van der Waals surface area contributed by atoms with Crippen LogP contribution in [0.2, 0.25) is 5.02 Å². The summed E-state index contributed by atoms with van der Waals surface area (Å²) in [5.74, 6) is -6.02. The number of thiazole rings is 1. The smallest absolute Gasteiger partial charge is 0.338 e. The van der Waals surface area contributed by atoms with Crippen molar-refractivity contribution in [2.24, 2.45) is 10.9 Å². The van der Waals surface area contributed by atoms with Gasteiger partial charge in [-0.3, -0.25) is 14.7 Å². The number of nitrogens with zero attached hydrogens (tertiary/aromatic N) is 3. The number of ether oxygens (including phenoxy) is 1. The summed E-state index contributed by atoms with van der Waals surface area (Å²) < 4.78 is 47.8. The number of hydrogen-bond acceptors (Lipinski definition) is 8. The van der Waals surface area contributed by atoms with Crippen LogP contribution in [0.3, 0.4) is 0 Å². The van der Waals surface area contributed by atoms with Gasteiger partial charge in [0.15, 0.2) is 10.8 Å². The lowest BCUT2D eigenvalue weighted by Gasteiger charge is -2.31. The molecular weight excluding hydrogens is 533 g/mol. The number of halogens is 4. The number of hydrogen-bond donors (Lipinski definition) is 2. The molecule has 0 saturated carbocycles. The molecule has 8 nitrogen and oxygen atoms in total. The Balaban J connectivity index is 1.79. The number of amidine groups is 1. The number of carboxylic acids is 1. The lowest BCUT2D eigenvalue weighted by molar-refractivity contribution is -0.141. The van der Waals surface area contributed by atoms with Crippen molar-refractivity contribution in [3.63, 3.8) is 0 Å². The van der Waals surface area contributed by atoms with Crippen LogP contribution in [0.1, 0.15) is 36.4 Å². The third-order valence-electron chi connectivity index (χ3n) is 6.32. The van der Waals surface area contributed by atoms with E-state index < -0.39 is 54.6 Å². The highest BCUT2D eigenvalue weighted by molar-refractivity contribution is 7.11. The fraction of sp³-hybridized carbons (Fsp3) is 0.417. The number of methoxy groups -OCH3 is 1. The summed E-state index contributed by atoms with van der Waals surface area (Å²) in [7, 11) is 1.18. The summed E-state index contributed by atoms with van der Waals surface area (Å²) >= 11 is 7.60. The summed E-state index contributed by atoms with van der Waals surface area (Å²) in [6, 6.07) is 1.90. The number of benzene rings is 1.